The molecule has 0 aromatic heterocycles. The molecule has 0 radical (unpaired) electrons. The van der Waals surface area contributed by atoms with Crippen LogP contribution in [0, 0.1) is 0 Å². The fourth-order valence-electron chi connectivity index (χ4n) is 3.29. The first kappa shape index (κ1) is 26.1. The van der Waals surface area contributed by atoms with Crippen LogP contribution in [-0.2, 0) is 11.2 Å². The van der Waals surface area contributed by atoms with Crippen LogP contribution in [0.1, 0.15) is 25.8 Å². The summed E-state index contributed by atoms with van der Waals surface area (Å²) < 4.78 is 16.1. The molecule has 1 aromatic rings. The van der Waals surface area contributed by atoms with Gasteiger partial charge >= 0.3 is 6.09 Å². The molecule has 1 fully saturated rings. The quantitative estimate of drug-likeness (QED) is 0.239. The number of piperazine rings is 1. The number of amides is 1. The van der Waals surface area contributed by atoms with Gasteiger partial charge in [0.05, 0.1) is 20.3 Å². The summed E-state index contributed by atoms with van der Waals surface area (Å²) in [6.45, 7) is 8.41. The number of rotatable bonds is 8. The van der Waals surface area contributed by atoms with E-state index in [1.165, 1.54) is 5.56 Å². The second kappa shape index (κ2) is 14.2. The van der Waals surface area contributed by atoms with Crippen LogP contribution in [0.25, 0.3) is 0 Å². The Hall–Kier alpha value is -1.91. The zero-order valence-electron chi connectivity index (χ0n) is 18.5. The van der Waals surface area contributed by atoms with E-state index in [0.29, 0.717) is 26.3 Å². The van der Waals surface area contributed by atoms with Crippen LogP contribution in [0.2, 0.25) is 0 Å². The molecule has 1 aromatic carbocycles. The van der Waals surface area contributed by atoms with E-state index in [2.05, 4.69) is 21.3 Å². The summed E-state index contributed by atoms with van der Waals surface area (Å²) in [5.74, 6) is 2.42. The van der Waals surface area contributed by atoms with Crippen LogP contribution < -0.4 is 14.8 Å². The third-order valence-corrected chi connectivity index (χ3v) is 4.77. The van der Waals surface area contributed by atoms with Crippen LogP contribution >= 0.6 is 24.0 Å². The van der Waals surface area contributed by atoms with E-state index in [1.807, 2.05) is 26.0 Å². The molecule has 0 atom stereocenters. The first-order chi connectivity index (χ1) is 14.1. The number of carbonyl (C=O) groups is 1. The monoisotopic (exact) mass is 534 g/mol. The Kier molecular flexibility index (Phi) is 12.3. The highest BCUT2D eigenvalue weighted by Crippen LogP contribution is 2.28. The number of nitrogens with one attached hydrogen (secondary N) is 1. The molecular weight excluding hydrogens is 499 g/mol. The third-order valence-electron chi connectivity index (χ3n) is 4.77. The fourth-order valence-corrected chi connectivity index (χ4v) is 3.29. The molecule has 0 saturated carbocycles. The maximum absolute atomic E-state index is 11.8. The number of halogens is 1. The van der Waals surface area contributed by atoms with Crippen molar-refractivity contribution in [2.75, 3.05) is 60.1 Å². The Morgan fingerprint density at radius 2 is 1.80 bits per heavy atom. The summed E-state index contributed by atoms with van der Waals surface area (Å²) in [4.78, 5) is 20.1. The maximum Gasteiger partial charge on any atom is 0.409 e. The molecule has 0 spiro atoms. The molecule has 0 unspecified atom stereocenters. The molecule has 1 amide bonds. The van der Waals surface area contributed by atoms with Gasteiger partial charge in [-0.2, -0.15) is 0 Å². The molecule has 8 nitrogen and oxygen atoms in total. The third kappa shape index (κ3) is 7.73. The maximum atomic E-state index is 11.8. The van der Waals surface area contributed by atoms with Crippen molar-refractivity contribution < 1.29 is 19.0 Å². The number of ether oxygens (including phenoxy) is 3. The van der Waals surface area contributed by atoms with Crippen molar-refractivity contribution in [3.8, 4) is 11.5 Å². The lowest BCUT2D eigenvalue weighted by Crippen LogP contribution is -2.54. The zero-order chi connectivity index (χ0) is 21.1. The second-order valence-electron chi connectivity index (χ2n) is 6.67. The topological polar surface area (TPSA) is 75.6 Å². The number of aliphatic imine (C=N–C) groups is 1. The van der Waals surface area contributed by atoms with E-state index in [1.54, 1.807) is 19.1 Å². The lowest BCUT2D eigenvalue weighted by molar-refractivity contribution is 0.0914. The second-order valence-corrected chi connectivity index (χ2v) is 6.67. The van der Waals surface area contributed by atoms with Crippen molar-refractivity contribution in [1.82, 2.24) is 15.1 Å². The smallest absolute Gasteiger partial charge is 0.409 e. The number of methoxy groups -OCH3 is 1. The van der Waals surface area contributed by atoms with Crippen molar-refractivity contribution in [2.45, 2.75) is 26.7 Å². The predicted molar refractivity (Wildman–Crippen MR) is 129 cm³/mol. The molecule has 170 valence electrons. The molecular formula is C21H35IN4O4. The number of hydrogen-bond donors (Lipinski definition) is 1. The van der Waals surface area contributed by atoms with E-state index in [-0.39, 0.29) is 30.1 Å². The molecule has 1 aliphatic heterocycles. The number of guanidine groups is 1. The molecule has 1 aliphatic rings. The van der Waals surface area contributed by atoms with Crippen molar-refractivity contribution >= 4 is 36.0 Å². The minimum absolute atomic E-state index is 0. The molecule has 2 rings (SSSR count). The lowest BCUT2D eigenvalue weighted by atomic mass is 10.1. The Labute approximate surface area is 197 Å². The molecule has 1 heterocycles. The zero-order valence-corrected chi connectivity index (χ0v) is 20.8. The summed E-state index contributed by atoms with van der Waals surface area (Å²) in [5.41, 5.74) is 1.22. The van der Waals surface area contributed by atoms with Crippen molar-refractivity contribution in [1.29, 1.82) is 0 Å². The van der Waals surface area contributed by atoms with Gasteiger partial charge in [-0.25, -0.2) is 4.79 Å². The van der Waals surface area contributed by atoms with Crippen molar-refractivity contribution in [3.05, 3.63) is 23.8 Å². The molecule has 9 heteroatoms. The number of carbonyl (C=O) groups excluding carboxylic acids is 1. The summed E-state index contributed by atoms with van der Waals surface area (Å²) in [6.07, 6.45) is 1.67. The number of nitrogens with zero attached hydrogens (tertiary/aromatic N) is 3. The SMILES string of the molecule is CCOC(=O)N1CCN(C(=NC)NCCCc2ccc(OC)c(OCC)c2)CC1.I. The number of benzene rings is 1. The average Bonchev–Trinajstić information content (AvgIpc) is 2.74. The normalized spacial score (nSPS) is 14.1. The van der Waals surface area contributed by atoms with Crippen LogP contribution in [-0.4, -0.2) is 81.9 Å². The first-order valence-corrected chi connectivity index (χ1v) is 10.3. The Bertz CT molecular complexity index is 679. The van der Waals surface area contributed by atoms with Gasteiger partial charge in [-0.1, -0.05) is 6.07 Å². The van der Waals surface area contributed by atoms with E-state index in [4.69, 9.17) is 14.2 Å². The molecule has 0 bridgehead atoms. The Morgan fingerprint density at radius 1 is 1.10 bits per heavy atom. The summed E-state index contributed by atoms with van der Waals surface area (Å²) in [5, 5.41) is 3.43. The van der Waals surface area contributed by atoms with Crippen LogP contribution in [0.5, 0.6) is 11.5 Å². The molecule has 0 aliphatic carbocycles. The van der Waals surface area contributed by atoms with Gasteiger partial charge in [0.25, 0.3) is 0 Å². The summed E-state index contributed by atoms with van der Waals surface area (Å²) in [6, 6.07) is 6.08. The number of hydrogen-bond acceptors (Lipinski definition) is 5. The van der Waals surface area contributed by atoms with Crippen molar-refractivity contribution in [2.24, 2.45) is 4.99 Å². The standard InChI is InChI=1S/C21H34N4O4.HI/c1-5-28-19-16-17(9-10-18(19)27-4)8-7-11-23-20(22-3)24-12-14-25(15-13-24)21(26)29-6-2;/h9-10,16H,5-8,11-15H2,1-4H3,(H,22,23);1H. The van der Waals surface area contributed by atoms with E-state index < -0.39 is 0 Å². The summed E-state index contributed by atoms with van der Waals surface area (Å²) in [7, 11) is 3.44. The number of aryl methyl sites for hydroxylation is 1. The van der Waals surface area contributed by atoms with Gasteiger partial charge in [0.1, 0.15) is 0 Å². The van der Waals surface area contributed by atoms with Gasteiger partial charge in [0, 0.05) is 39.8 Å². The highest BCUT2D eigenvalue weighted by atomic mass is 127. The lowest BCUT2D eigenvalue weighted by Gasteiger charge is -2.35. The predicted octanol–water partition coefficient (Wildman–Crippen LogP) is 2.99. The fraction of sp³-hybridized carbons (Fsp3) is 0.619. The van der Waals surface area contributed by atoms with Crippen LogP contribution in [0.15, 0.2) is 23.2 Å². The van der Waals surface area contributed by atoms with Gasteiger partial charge in [-0.05, 0) is 44.4 Å². The minimum Gasteiger partial charge on any atom is -0.493 e. The van der Waals surface area contributed by atoms with Crippen LogP contribution in [0.3, 0.4) is 0 Å². The highest BCUT2D eigenvalue weighted by molar-refractivity contribution is 14.0. The summed E-state index contributed by atoms with van der Waals surface area (Å²) >= 11 is 0. The van der Waals surface area contributed by atoms with E-state index in [9.17, 15) is 4.79 Å². The molecule has 1 saturated heterocycles. The Morgan fingerprint density at radius 3 is 2.40 bits per heavy atom. The Balaban J connectivity index is 0.00000450. The van der Waals surface area contributed by atoms with Crippen molar-refractivity contribution in [3.63, 3.8) is 0 Å². The van der Waals surface area contributed by atoms with Gasteiger partial charge in [-0.3, -0.25) is 4.99 Å². The van der Waals surface area contributed by atoms with Gasteiger partial charge < -0.3 is 29.3 Å². The van der Waals surface area contributed by atoms with E-state index >= 15 is 0 Å². The average molecular weight is 534 g/mol. The van der Waals surface area contributed by atoms with E-state index in [0.717, 1.165) is 49.9 Å². The van der Waals surface area contributed by atoms with Gasteiger partial charge in [-0.15, -0.1) is 24.0 Å². The van der Waals surface area contributed by atoms with Gasteiger partial charge in [0.2, 0.25) is 0 Å². The largest absolute Gasteiger partial charge is 0.493 e. The first-order valence-electron chi connectivity index (χ1n) is 10.3. The minimum atomic E-state index is -0.235. The molecule has 30 heavy (non-hydrogen) atoms. The van der Waals surface area contributed by atoms with Gasteiger partial charge in [0.15, 0.2) is 17.5 Å². The van der Waals surface area contributed by atoms with Crippen LogP contribution in [0.4, 0.5) is 4.79 Å². The molecule has 1 N–H and O–H groups in total. The highest BCUT2D eigenvalue weighted by Gasteiger charge is 2.23.